The summed E-state index contributed by atoms with van der Waals surface area (Å²) in [5.74, 6) is -0.862. The molecule has 0 fully saturated rings. The van der Waals surface area contributed by atoms with E-state index in [1.807, 2.05) is 16.7 Å². The Morgan fingerprint density at radius 1 is 1.05 bits per heavy atom. The molecule has 0 aliphatic carbocycles. The van der Waals surface area contributed by atoms with Crippen LogP contribution >= 0.6 is 23.1 Å². The highest BCUT2D eigenvalue weighted by molar-refractivity contribution is 7.99. The molecule has 0 aliphatic heterocycles. The molecular weight excluding hydrogens is 550 g/mol. The summed E-state index contributed by atoms with van der Waals surface area (Å²) in [5, 5.41) is 12.3. The highest BCUT2D eigenvalue weighted by atomic mass is 32.2. The van der Waals surface area contributed by atoms with Crippen molar-refractivity contribution in [3.8, 4) is 11.4 Å². The van der Waals surface area contributed by atoms with Crippen molar-refractivity contribution in [3.63, 3.8) is 0 Å². The van der Waals surface area contributed by atoms with E-state index in [9.17, 15) is 14.4 Å². The van der Waals surface area contributed by atoms with Gasteiger partial charge in [-0.1, -0.05) is 17.8 Å². The molecule has 0 aliphatic rings. The van der Waals surface area contributed by atoms with Crippen molar-refractivity contribution in [2.45, 2.75) is 46.3 Å². The van der Waals surface area contributed by atoms with E-state index in [1.54, 1.807) is 26.8 Å². The summed E-state index contributed by atoms with van der Waals surface area (Å²) in [7, 11) is 0. The summed E-state index contributed by atoms with van der Waals surface area (Å²) in [5.41, 5.74) is 2.60. The standard InChI is InChI=1S/C28H35N5O5S2/c1-7-16-33-24(19-12-14-20(15-13-19)32(8-2)9-3)30-31-28(33)39-17-21(34)29-25-22(26(35)37-10-4)18(6)23(40-25)27(36)38-11-5/h7,12-15H,1,8-11,16-17H2,2-6H3,(H,29,34). The van der Waals surface area contributed by atoms with Gasteiger partial charge in [0, 0.05) is 30.9 Å². The van der Waals surface area contributed by atoms with Gasteiger partial charge in [0.25, 0.3) is 0 Å². The lowest BCUT2D eigenvalue weighted by molar-refractivity contribution is -0.113. The monoisotopic (exact) mass is 585 g/mol. The molecular formula is C28H35N5O5S2. The Hall–Kier alpha value is -3.64. The number of rotatable bonds is 14. The van der Waals surface area contributed by atoms with Crippen LogP contribution in [0.15, 0.2) is 42.1 Å². The van der Waals surface area contributed by atoms with Gasteiger partial charge in [0.2, 0.25) is 5.91 Å². The smallest absolute Gasteiger partial charge is 0.348 e. The molecule has 3 aromatic rings. The number of aromatic nitrogens is 3. The first-order valence-electron chi connectivity index (χ1n) is 13.1. The summed E-state index contributed by atoms with van der Waals surface area (Å²) in [4.78, 5) is 40.5. The van der Waals surface area contributed by atoms with Crippen molar-refractivity contribution in [3.05, 3.63) is 52.9 Å². The van der Waals surface area contributed by atoms with Crippen LogP contribution in [0.3, 0.4) is 0 Å². The predicted molar refractivity (Wildman–Crippen MR) is 160 cm³/mol. The van der Waals surface area contributed by atoms with Crippen LogP contribution in [0.1, 0.15) is 53.3 Å². The van der Waals surface area contributed by atoms with Crippen LogP contribution in [-0.2, 0) is 20.8 Å². The number of hydrogen-bond acceptors (Lipinski definition) is 10. The van der Waals surface area contributed by atoms with Gasteiger partial charge in [-0.15, -0.1) is 28.1 Å². The van der Waals surface area contributed by atoms with Crippen molar-refractivity contribution in [1.29, 1.82) is 0 Å². The Bertz CT molecular complexity index is 1350. The van der Waals surface area contributed by atoms with E-state index in [1.165, 1.54) is 11.8 Å². The Kier molecular flexibility index (Phi) is 11.3. The molecule has 0 atom stereocenters. The van der Waals surface area contributed by atoms with E-state index in [-0.39, 0.29) is 40.3 Å². The molecule has 0 radical (unpaired) electrons. The third kappa shape index (κ3) is 7.11. The van der Waals surface area contributed by atoms with E-state index in [0.29, 0.717) is 23.1 Å². The molecule has 2 heterocycles. The zero-order chi connectivity index (χ0) is 29.2. The average Bonchev–Trinajstić information content (AvgIpc) is 3.49. The minimum Gasteiger partial charge on any atom is -0.462 e. The fourth-order valence-corrected chi connectivity index (χ4v) is 5.90. The predicted octanol–water partition coefficient (Wildman–Crippen LogP) is 5.43. The zero-order valence-electron chi connectivity index (χ0n) is 23.5. The molecule has 1 N–H and O–H groups in total. The van der Waals surface area contributed by atoms with Gasteiger partial charge < -0.3 is 19.7 Å². The lowest BCUT2D eigenvalue weighted by Crippen LogP contribution is -2.21. The molecule has 0 saturated carbocycles. The van der Waals surface area contributed by atoms with Crippen LogP contribution in [0.4, 0.5) is 10.7 Å². The van der Waals surface area contributed by atoms with Gasteiger partial charge in [-0.2, -0.15) is 0 Å². The number of nitrogens with zero attached hydrogens (tertiary/aromatic N) is 4. The third-order valence-corrected chi connectivity index (χ3v) is 8.11. The average molecular weight is 586 g/mol. The number of ether oxygens (including phenoxy) is 2. The molecule has 1 amide bonds. The van der Waals surface area contributed by atoms with Crippen molar-refractivity contribution >= 4 is 51.6 Å². The van der Waals surface area contributed by atoms with Crippen LogP contribution in [0.25, 0.3) is 11.4 Å². The first-order chi connectivity index (χ1) is 19.3. The lowest BCUT2D eigenvalue weighted by atomic mass is 10.1. The second-order valence-corrected chi connectivity index (χ2v) is 10.4. The fourth-order valence-electron chi connectivity index (χ4n) is 4.05. The van der Waals surface area contributed by atoms with Crippen molar-refractivity contribution in [2.24, 2.45) is 0 Å². The van der Waals surface area contributed by atoms with Crippen LogP contribution in [0.5, 0.6) is 0 Å². The molecule has 10 nitrogen and oxygen atoms in total. The van der Waals surface area contributed by atoms with Crippen molar-refractivity contribution < 1.29 is 23.9 Å². The third-order valence-electron chi connectivity index (χ3n) is 5.96. The quantitative estimate of drug-likeness (QED) is 0.150. The zero-order valence-corrected chi connectivity index (χ0v) is 25.1. The van der Waals surface area contributed by atoms with Gasteiger partial charge in [-0.3, -0.25) is 9.36 Å². The number of nitrogens with one attached hydrogen (secondary N) is 1. The van der Waals surface area contributed by atoms with E-state index in [0.717, 1.165) is 35.7 Å². The largest absolute Gasteiger partial charge is 0.462 e. The first-order valence-corrected chi connectivity index (χ1v) is 14.9. The van der Waals surface area contributed by atoms with Gasteiger partial charge in [0.15, 0.2) is 11.0 Å². The van der Waals surface area contributed by atoms with Crippen molar-refractivity contribution in [1.82, 2.24) is 14.8 Å². The number of esters is 2. The minimum absolute atomic E-state index is 0.00409. The molecule has 1 aromatic carbocycles. The van der Waals surface area contributed by atoms with Crippen LogP contribution in [0, 0.1) is 6.92 Å². The topological polar surface area (TPSA) is 116 Å². The summed E-state index contributed by atoms with van der Waals surface area (Å²) < 4.78 is 12.2. The van der Waals surface area contributed by atoms with Gasteiger partial charge in [-0.05, 0) is 64.4 Å². The van der Waals surface area contributed by atoms with E-state index in [4.69, 9.17) is 9.47 Å². The number of carbonyl (C=O) groups excluding carboxylic acids is 3. The highest BCUT2D eigenvalue weighted by Gasteiger charge is 2.27. The number of hydrogen-bond donors (Lipinski definition) is 1. The van der Waals surface area contributed by atoms with E-state index in [2.05, 4.69) is 53.0 Å². The van der Waals surface area contributed by atoms with Gasteiger partial charge in [0.05, 0.1) is 24.5 Å². The van der Waals surface area contributed by atoms with Gasteiger partial charge >= 0.3 is 11.9 Å². The Morgan fingerprint density at radius 3 is 2.30 bits per heavy atom. The van der Waals surface area contributed by atoms with Gasteiger partial charge in [0.1, 0.15) is 9.88 Å². The minimum atomic E-state index is -0.614. The van der Waals surface area contributed by atoms with Crippen molar-refractivity contribution in [2.75, 3.05) is 42.3 Å². The summed E-state index contributed by atoms with van der Waals surface area (Å²) in [6, 6.07) is 8.14. The Labute approximate surface area is 242 Å². The molecule has 214 valence electrons. The van der Waals surface area contributed by atoms with Gasteiger partial charge in [-0.25, -0.2) is 9.59 Å². The molecule has 40 heavy (non-hydrogen) atoms. The first kappa shape index (κ1) is 30.9. The van der Waals surface area contributed by atoms with Crippen LogP contribution in [0.2, 0.25) is 0 Å². The Morgan fingerprint density at radius 2 is 1.70 bits per heavy atom. The lowest BCUT2D eigenvalue weighted by Gasteiger charge is -2.21. The number of thioether (sulfide) groups is 1. The summed E-state index contributed by atoms with van der Waals surface area (Å²) in [6.07, 6.45) is 1.75. The molecule has 3 rings (SSSR count). The number of anilines is 2. The second-order valence-electron chi connectivity index (χ2n) is 8.46. The van der Waals surface area contributed by atoms with E-state index < -0.39 is 11.9 Å². The molecule has 0 unspecified atom stereocenters. The number of carbonyl (C=O) groups is 3. The molecule has 2 aromatic heterocycles. The molecule has 0 spiro atoms. The number of benzene rings is 1. The second kappa shape index (κ2) is 14.7. The summed E-state index contributed by atoms with van der Waals surface area (Å²) >= 11 is 2.20. The molecule has 12 heteroatoms. The number of allylic oxidation sites excluding steroid dienone is 1. The van der Waals surface area contributed by atoms with Crippen LogP contribution in [-0.4, -0.2) is 64.7 Å². The fraction of sp³-hybridized carbons (Fsp3) is 0.393. The SMILES string of the molecule is C=CCn1c(SCC(=O)Nc2sc(C(=O)OCC)c(C)c2C(=O)OCC)nnc1-c1ccc(N(CC)CC)cc1. The maximum atomic E-state index is 13.0. The maximum absolute atomic E-state index is 13.0. The normalized spacial score (nSPS) is 10.7. The van der Waals surface area contributed by atoms with E-state index >= 15 is 0 Å². The number of thiophene rings is 1. The number of amides is 1. The maximum Gasteiger partial charge on any atom is 0.348 e. The molecule has 0 bridgehead atoms. The highest BCUT2D eigenvalue weighted by Crippen LogP contribution is 2.35. The Balaban J connectivity index is 1.79. The summed E-state index contributed by atoms with van der Waals surface area (Å²) in [6.45, 7) is 15.8. The van der Waals surface area contributed by atoms with Crippen LogP contribution < -0.4 is 10.2 Å². The molecule has 0 saturated heterocycles.